The molecule has 76 valence electrons. The molecule has 0 radical (unpaired) electrons. The number of ketones is 1. The standard InChI is InChI=1S/C11H20O2/c1-2-6-10(12)9-13-11-7-4-3-5-8-11/h11H,2-9H2,1H3. The summed E-state index contributed by atoms with van der Waals surface area (Å²) in [5.74, 6) is 0.257. The Morgan fingerprint density at radius 3 is 2.62 bits per heavy atom. The first kappa shape index (κ1) is 10.7. The molecule has 0 heterocycles. The van der Waals surface area contributed by atoms with Crippen LogP contribution in [0.4, 0.5) is 0 Å². The van der Waals surface area contributed by atoms with E-state index in [0.717, 1.165) is 19.3 Å². The highest BCUT2D eigenvalue weighted by Gasteiger charge is 2.14. The summed E-state index contributed by atoms with van der Waals surface area (Å²) in [4.78, 5) is 11.2. The molecule has 0 aromatic heterocycles. The molecule has 1 fully saturated rings. The molecule has 0 saturated heterocycles. The van der Waals surface area contributed by atoms with E-state index < -0.39 is 0 Å². The van der Waals surface area contributed by atoms with Crippen molar-refractivity contribution < 1.29 is 9.53 Å². The molecule has 1 saturated carbocycles. The maximum Gasteiger partial charge on any atom is 0.158 e. The number of hydrogen-bond donors (Lipinski definition) is 0. The Hall–Kier alpha value is -0.370. The van der Waals surface area contributed by atoms with E-state index in [2.05, 4.69) is 0 Å². The van der Waals surface area contributed by atoms with Crippen LogP contribution in [0.1, 0.15) is 51.9 Å². The number of Topliss-reactive ketones (excluding diaryl/α,β-unsaturated/α-hetero) is 1. The van der Waals surface area contributed by atoms with Crippen LogP contribution in [0.15, 0.2) is 0 Å². The van der Waals surface area contributed by atoms with Crippen LogP contribution in [0.2, 0.25) is 0 Å². The highest BCUT2D eigenvalue weighted by molar-refractivity contribution is 5.79. The highest BCUT2D eigenvalue weighted by atomic mass is 16.5. The smallest absolute Gasteiger partial charge is 0.158 e. The van der Waals surface area contributed by atoms with Gasteiger partial charge in [-0.25, -0.2) is 0 Å². The minimum absolute atomic E-state index is 0.257. The molecule has 0 spiro atoms. The Balaban J connectivity index is 2.06. The third-order valence-corrected chi connectivity index (χ3v) is 2.56. The molecule has 2 heteroatoms. The topological polar surface area (TPSA) is 26.3 Å². The van der Waals surface area contributed by atoms with E-state index in [4.69, 9.17) is 4.74 Å². The van der Waals surface area contributed by atoms with E-state index in [1.165, 1.54) is 19.3 Å². The molecule has 1 aliphatic rings. The molecule has 2 nitrogen and oxygen atoms in total. The second-order valence-electron chi connectivity index (χ2n) is 3.86. The molecule has 0 atom stereocenters. The van der Waals surface area contributed by atoms with Gasteiger partial charge in [0, 0.05) is 6.42 Å². The van der Waals surface area contributed by atoms with Crippen molar-refractivity contribution in [2.45, 2.75) is 58.0 Å². The summed E-state index contributed by atoms with van der Waals surface area (Å²) in [6.07, 6.45) is 8.16. The van der Waals surface area contributed by atoms with Crippen molar-refractivity contribution in [3.8, 4) is 0 Å². The summed E-state index contributed by atoms with van der Waals surface area (Å²) in [6, 6.07) is 0. The normalized spacial score (nSPS) is 18.8. The van der Waals surface area contributed by atoms with Crippen LogP contribution < -0.4 is 0 Å². The fourth-order valence-corrected chi connectivity index (χ4v) is 1.79. The van der Waals surface area contributed by atoms with Gasteiger partial charge < -0.3 is 4.74 Å². The van der Waals surface area contributed by atoms with Crippen molar-refractivity contribution in [3.63, 3.8) is 0 Å². The van der Waals surface area contributed by atoms with Gasteiger partial charge in [-0.3, -0.25) is 4.79 Å². The monoisotopic (exact) mass is 184 g/mol. The second kappa shape index (κ2) is 6.14. The van der Waals surface area contributed by atoms with Crippen LogP contribution in [0, 0.1) is 0 Å². The van der Waals surface area contributed by atoms with Crippen LogP contribution in [0.3, 0.4) is 0 Å². The lowest BCUT2D eigenvalue weighted by Gasteiger charge is -2.21. The van der Waals surface area contributed by atoms with E-state index in [-0.39, 0.29) is 5.78 Å². The van der Waals surface area contributed by atoms with Crippen molar-refractivity contribution in [3.05, 3.63) is 0 Å². The van der Waals surface area contributed by atoms with Crippen molar-refractivity contribution >= 4 is 5.78 Å². The number of ether oxygens (including phenoxy) is 1. The van der Waals surface area contributed by atoms with Crippen molar-refractivity contribution in [1.29, 1.82) is 0 Å². The largest absolute Gasteiger partial charge is 0.370 e. The molecule has 0 unspecified atom stereocenters. The summed E-state index contributed by atoms with van der Waals surface area (Å²) >= 11 is 0. The summed E-state index contributed by atoms with van der Waals surface area (Å²) in [6.45, 7) is 2.37. The highest BCUT2D eigenvalue weighted by Crippen LogP contribution is 2.20. The summed E-state index contributed by atoms with van der Waals surface area (Å²) in [5.41, 5.74) is 0. The fourth-order valence-electron chi connectivity index (χ4n) is 1.79. The first-order valence-corrected chi connectivity index (χ1v) is 5.46. The minimum Gasteiger partial charge on any atom is -0.370 e. The molecule has 1 aliphatic carbocycles. The van der Waals surface area contributed by atoms with E-state index in [0.29, 0.717) is 19.1 Å². The molecule has 0 bridgehead atoms. The predicted molar refractivity (Wildman–Crippen MR) is 52.7 cm³/mol. The van der Waals surface area contributed by atoms with Crippen molar-refractivity contribution in [1.82, 2.24) is 0 Å². The third-order valence-electron chi connectivity index (χ3n) is 2.56. The molecule has 0 amide bonds. The van der Waals surface area contributed by atoms with E-state index in [1.807, 2.05) is 6.92 Å². The lowest BCUT2D eigenvalue weighted by atomic mass is 9.98. The molecule has 0 aromatic carbocycles. The maximum absolute atomic E-state index is 11.2. The zero-order valence-electron chi connectivity index (χ0n) is 8.55. The van der Waals surface area contributed by atoms with Gasteiger partial charge in [0.25, 0.3) is 0 Å². The van der Waals surface area contributed by atoms with Gasteiger partial charge in [-0.1, -0.05) is 26.2 Å². The van der Waals surface area contributed by atoms with Gasteiger partial charge in [-0.15, -0.1) is 0 Å². The first-order chi connectivity index (χ1) is 6.33. The van der Waals surface area contributed by atoms with Gasteiger partial charge in [0.2, 0.25) is 0 Å². The van der Waals surface area contributed by atoms with Gasteiger partial charge in [-0.05, 0) is 19.3 Å². The predicted octanol–water partition coefficient (Wildman–Crippen LogP) is 2.70. The second-order valence-corrected chi connectivity index (χ2v) is 3.86. The fraction of sp³-hybridized carbons (Fsp3) is 0.909. The SMILES string of the molecule is CCCC(=O)COC1CCCCC1. The molecule has 1 rings (SSSR count). The number of carbonyl (C=O) groups is 1. The Morgan fingerprint density at radius 1 is 1.31 bits per heavy atom. The van der Waals surface area contributed by atoms with Gasteiger partial charge in [-0.2, -0.15) is 0 Å². The molecule has 0 aliphatic heterocycles. The molecular weight excluding hydrogens is 164 g/mol. The molecule has 13 heavy (non-hydrogen) atoms. The molecular formula is C11H20O2. The van der Waals surface area contributed by atoms with E-state index >= 15 is 0 Å². The van der Waals surface area contributed by atoms with Crippen LogP contribution in [0.25, 0.3) is 0 Å². The van der Waals surface area contributed by atoms with Crippen LogP contribution in [-0.2, 0) is 9.53 Å². The summed E-state index contributed by atoms with van der Waals surface area (Å²) < 4.78 is 5.55. The summed E-state index contributed by atoms with van der Waals surface area (Å²) in [7, 11) is 0. The van der Waals surface area contributed by atoms with Crippen molar-refractivity contribution in [2.24, 2.45) is 0 Å². The Labute approximate surface area is 80.7 Å². The Morgan fingerprint density at radius 2 is 2.00 bits per heavy atom. The average molecular weight is 184 g/mol. The average Bonchev–Trinajstić information content (AvgIpc) is 2.17. The van der Waals surface area contributed by atoms with Crippen LogP contribution >= 0.6 is 0 Å². The first-order valence-electron chi connectivity index (χ1n) is 5.46. The lowest BCUT2D eigenvalue weighted by molar-refractivity contribution is -0.126. The van der Waals surface area contributed by atoms with Crippen molar-refractivity contribution in [2.75, 3.05) is 6.61 Å². The van der Waals surface area contributed by atoms with Gasteiger partial charge in [0.05, 0.1) is 6.10 Å². The van der Waals surface area contributed by atoms with Crippen LogP contribution in [-0.4, -0.2) is 18.5 Å². The van der Waals surface area contributed by atoms with E-state index in [1.54, 1.807) is 0 Å². The Kier molecular flexibility index (Phi) is 5.06. The lowest BCUT2D eigenvalue weighted by Crippen LogP contribution is -2.20. The van der Waals surface area contributed by atoms with Crippen LogP contribution in [0.5, 0.6) is 0 Å². The zero-order valence-corrected chi connectivity index (χ0v) is 8.55. The minimum atomic E-state index is 0.257. The number of hydrogen-bond acceptors (Lipinski definition) is 2. The third kappa shape index (κ3) is 4.41. The number of rotatable bonds is 5. The van der Waals surface area contributed by atoms with Gasteiger partial charge in [0.1, 0.15) is 6.61 Å². The van der Waals surface area contributed by atoms with Gasteiger partial charge in [0.15, 0.2) is 5.78 Å². The van der Waals surface area contributed by atoms with Gasteiger partial charge >= 0.3 is 0 Å². The Bertz CT molecular complexity index is 148. The molecule has 0 N–H and O–H groups in total. The maximum atomic E-state index is 11.2. The number of carbonyl (C=O) groups excluding carboxylic acids is 1. The quantitative estimate of drug-likeness (QED) is 0.656. The summed E-state index contributed by atoms with van der Waals surface area (Å²) in [5, 5.41) is 0. The van der Waals surface area contributed by atoms with E-state index in [9.17, 15) is 4.79 Å². The zero-order chi connectivity index (χ0) is 9.52. The molecule has 0 aromatic rings.